The lowest BCUT2D eigenvalue weighted by Gasteiger charge is -2.37. The fourth-order valence-electron chi connectivity index (χ4n) is 3.82. The zero-order valence-corrected chi connectivity index (χ0v) is 21.5. The minimum absolute atomic E-state index is 0. The van der Waals surface area contributed by atoms with Crippen LogP contribution in [0.5, 0.6) is 5.75 Å². The predicted molar refractivity (Wildman–Crippen MR) is 139 cm³/mol. The monoisotopic (exact) mass is 565 g/mol. The summed E-state index contributed by atoms with van der Waals surface area (Å²) in [5, 5.41) is 11.7. The second-order valence-corrected chi connectivity index (χ2v) is 7.61. The van der Waals surface area contributed by atoms with Crippen molar-refractivity contribution in [1.29, 1.82) is 0 Å². The molecule has 0 bridgehead atoms. The van der Waals surface area contributed by atoms with E-state index in [-0.39, 0.29) is 24.0 Å². The van der Waals surface area contributed by atoms with Crippen LogP contribution in [0.25, 0.3) is 0 Å². The zero-order valence-electron chi connectivity index (χ0n) is 19.2. The van der Waals surface area contributed by atoms with Crippen LogP contribution in [0, 0.1) is 0 Å². The molecule has 1 aliphatic rings. The standard InChI is InChI=1S/C23H31N7O2.HI/c1-3-22-27-26-18-30(22)11-10-24-23(25-17-21-5-4-16-32-21)29-14-12-28(13-15-29)19-6-8-20(31-2)9-7-19;/h4-9,16,18H,3,10-15,17H2,1-2H3,(H,24,25);1H. The zero-order chi connectivity index (χ0) is 22.2. The van der Waals surface area contributed by atoms with Crippen molar-refractivity contribution in [2.45, 2.75) is 26.4 Å². The van der Waals surface area contributed by atoms with Gasteiger partial charge in [0, 0.05) is 51.4 Å². The summed E-state index contributed by atoms with van der Waals surface area (Å²) in [7, 11) is 1.69. The Labute approximate surface area is 211 Å². The van der Waals surface area contributed by atoms with Gasteiger partial charge >= 0.3 is 0 Å². The number of nitrogens with one attached hydrogen (secondary N) is 1. The van der Waals surface area contributed by atoms with Gasteiger partial charge in [0.05, 0.1) is 13.4 Å². The van der Waals surface area contributed by atoms with Crippen LogP contribution in [0.1, 0.15) is 18.5 Å². The first kappa shape index (κ1) is 24.9. The van der Waals surface area contributed by atoms with E-state index in [9.17, 15) is 0 Å². The number of halogens is 1. The van der Waals surface area contributed by atoms with E-state index in [4.69, 9.17) is 14.1 Å². The van der Waals surface area contributed by atoms with Crippen LogP contribution in [0.3, 0.4) is 0 Å². The van der Waals surface area contributed by atoms with Crippen LogP contribution in [-0.4, -0.2) is 65.5 Å². The maximum absolute atomic E-state index is 5.47. The topological polar surface area (TPSA) is 84.0 Å². The molecule has 1 N–H and O–H groups in total. The summed E-state index contributed by atoms with van der Waals surface area (Å²) in [6.45, 7) is 7.79. The summed E-state index contributed by atoms with van der Waals surface area (Å²) in [4.78, 5) is 9.54. The number of anilines is 1. The molecule has 9 nitrogen and oxygen atoms in total. The maximum Gasteiger partial charge on any atom is 0.194 e. The Bertz CT molecular complexity index is 981. The summed E-state index contributed by atoms with van der Waals surface area (Å²) < 4.78 is 12.8. The molecular weight excluding hydrogens is 533 g/mol. The Morgan fingerprint density at radius 2 is 1.94 bits per heavy atom. The average Bonchev–Trinajstić information content (AvgIpc) is 3.53. The molecule has 33 heavy (non-hydrogen) atoms. The summed E-state index contributed by atoms with van der Waals surface area (Å²) in [6, 6.07) is 12.1. The van der Waals surface area contributed by atoms with E-state index in [0.29, 0.717) is 6.54 Å². The SMILES string of the molecule is CCc1nncn1CCNC(=NCc1ccco1)N1CCN(c2ccc(OC)cc2)CC1.I. The molecule has 0 saturated carbocycles. The molecule has 4 rings (SSSR count). The van der Waals surface area contributed by atoms with E-state index in [1.807, 2.05) is 24.3 Å². The van der Waals surface area contributed by atoms with Crippen molar-refractivity contribution in [1.82, 2.24) is 25.0 Å². The van der Waals surface area contributed by atoms with Crippen LogP contribution in [0.15, 0.2) is 58.4 Å². The summed E-state index contributed by atoms with van der Waals surface area (Å²) in [5.74, 6) is 3.63. The van der Waals surface area contributed by atoms with Gasteiger partial charge in [-0.05, 0) is 36.4 Å². The van der Waals surface area contributed by atoms with E-state index in [1.165, 1.54) is 5.69 Å². The van der Waals surface area contributed by atoms with E-state index in [2.05, 4.69) is 48.9 Å². The highest BCUT2D eigenvalue weighted by molar-refractivity contribution is 14.0. The van der Waals surface area contributed by atoms with Crippen LogP contribution in [0.4, 0.5) is 5.69 Å². The Morgan fingerprint density at radius 1 is 1.15 bits per heavy atom. The van der Waals surface area contributed by atoms with Gasteiger partial charge in [0.2, 0.25) is 0 Å². The number of methoxy groups -OCH3 is 1. The predicted octanol–water partition coefficient (Wildman–Crippen LogP) is 3.03. The highest BCUT2D eigenvalue weighted by Gasteiger charge is 2.20. The molecular formula is C23H32IN7O2. The molecule has 0 aliphatic carbocycles. The molecule has 3 aromatic rings. The number of aryl methyl sites for hydroxylation is 1. The largest absolute Gasteiger partial charge is 0.497 e. The Balaban J connectivity index is 0.00000306. The Morgan fingerprint density at radius 3 is 2.61 bits per heavy atom. The number of piperazine rings is 1. The molecule has 0 atom stereocenters. The third-order valence-electron chi connectivity index (χ3n) is 5.63. The van der Waals surface area contributed by atoms with Crippen LogP contribution >= 0.6 is 24.0 Å². The van der Waals surface area contributed by atoms with Gasteiger partial charge in [-0.1, -0.05) is 6.92 Å². The smallest absolute Gasteiger partial charge is 0.194 e. The number of furan rings is 1. The third kappa shape index (κ3) is 6.62. The first-order valence-corrected chi connectivity index (χ1v) is 11.1. The highest BCUT2D eigenvalue weighted by atomic mass is 127. The number of nitrogens with zero attached hydrogens (tertiary/aromatic N) is 6. The lowest BCUT2D eigenvalue weighted by atomic mass is 10.2. The quantitative estimate of drug-likeness (QED) is 0.256. The first-order valence-electron chi connectivity index (χ1n) is 11.1. The maximum atomic E-state index is 5.47. The highest BCUT2D eigenvalue weighted by Crippen LogP contribution is 2.20. The number of ether oxygens (including phenoxy) is 1. The number of aliphatic imine (C=N–C) groups is 1. The number of guanidine groups is 1. The molecule has 3 heterocycles. The summed E-state index contributed by atoms with van der Waals surface area (Å²) in [6.07, 6.45) is 4.34. The summed E-state index contributed by atoms with van der Waals surface area (Å²) >= 11 is 0. The van der Waals surface area contributed by atoms with Crippen LogP contribution < -0.4 is 15.0 Å². The van der Waals surface area contributed by atoms with Gasteiger partial charge in [-0.3, -0.25) is 0 Å². The van der Waals surface area contributed by atoms with Gasteiger partial charge in [0.1, 0.15) is 30.2 Å². The average molecular weight is 565 g/mol. The molecule has 1 aromatic carbocycles. The van der Waals surface area contributed by atoms with Crippen molar-refractivity contribution in [2.75, 3.05) is 44.7 Å². The van der Waals surface area contributed by atoms with E-state index in [1.54, 1.807) is 19.7 Å². The molecule has 0 amide bonds. The lowest BCUT2D eigenvalue weighted by molar-refractivity contribution is 0.369. The van der Waals surface area contributed by atoms with Gasteiger partial charge in [-0.25, -0.2) is 4.99 Å². The number of hydrogen-bond donors (Lipinski definition) is 1. The molecule has 10 heteroatoms. The number of aromatic nitrogens is 3. The van der Waals surface area contributed by atoms with Crippen molar-refractivity contribution in [3.63, 3.8) is 0 Å². The van der Waals surface area contributed by atoms with Crippen molar-refractivity contribution in [2.24, 2.45) is 4.99 Å². The molecule has 0 spiro atoms. The molecule has 178 valence electrons. The first-order chi connectivity index (χ1) is 15.8. The second-order valence-electron chi connectivity index (χ2n) is 7.61. The van der Waals surface area contributed by atoms with E-state index >= 15 is 0 Å². The fraction of sp³-hybridized carbons (Fsp3) is 0.435. The van der Waals surface area contributed by atoms with E-state index < -0.39 is 0 Å². The number of benzene rings is 1. The van der Waals surface area contributed by atoms with E-state index in [0.717, 1.165) is 69.0 Å². The molecule has 1 fully saturated rings. The van der Waals surface area contributed by atoms with Crippen LogP contribution in [-0.2, 0) is 19.5 Å². The lowest BCUT2D eigenvalue weighted by Crippen LogP contribution is -2.53. The van der Waals surface area contributed by atoms with Crippen molar-refractivity contribution >= 4 is 35.6 Å². The Kier molecular flexibility index (Phi) is 9.40. The molecule has 0 radical (unpaired) electrons. The second kappa shape index (κ2) is 12.5. The third-order valence-corrected chi connectivity index (χ3v) is 5.63. The van der Waals surface area contributed by atoms with Gasteiger partial charge in [-0.15, -0.1) is 34.2 Å². The van der Waals surface area contributed by atoms with Gasteiger partial charge in [0.15, 0.2) is 5.96 Å². The molecule has 0 unspecified atom stereocenters. The minimum Gasteiger partial charge on any atom is -0.497 e. The van der Waals surface area contributed by atoms with Crippen molar-refractivity contribution in [3.8, 4) is 5.75 Å². The fourth-order valence-corrected chi connectivity index (χ4v) is 3.82. The van der Waals surface area contributed by atoms with Crippen molar-refractivity contribution < 1.29 is 9.15 Å². The number of hydrogen-bond acceptors (Lipinski definition) is 6. The molecule has 1 saturated heterocycles. The molecule has 2 aromatic heterocycles. The normalized spacial score (nSPS) is 14.2. The Hall–Kier alpha value is -2.76. The summed E-state index contributed by atoms with van der Waals surface area (Å²) in [5.41, 5.74) is 1.21. The van der Waals surface area contributed by atoms with Gasteiger partial charge < -0.3 is 28.8 Å². The van der Waals surface area contributed by atoms with Gasteiger partial charge in [0.25, 0.3) is 0 Å². The minimum atomic E-state index is 0. The number of rotatable bonds is 8. The van der Waals surface area contributed by atoms with Crippen molar-refractivity contribution in [3.05, 3.63) is 60.6 Å². The van der Waals surface area contributed by atoms with Gasteiger partial charge in [-0.2, -0.15) is 0 Å². The molecule has 1 aliphatic heterocycles. The van der Waals surface area contributed by atoms with Crippen LogP contribution in [0.2, 0.25) is 0 Å².